The van der Waals surface area contributed by atoms with Crippen molar-refractivity contribution < 1.29 is 29.7 Å². The maximum atomic E-state index is 12.9. The molecular formula is C20H27N3O6. The number of nitrogens with zero attached hydrogens (tertiary/aromatic N) is 3. The van der Waals surface area contributed by atoms with Crippen molar-refractivity contribution in [2.45, 2.75) is 32.7 Å². The predicted octanol–water partition coefficient (Wildman–Crippen LogP) is 0.735. The lowest BCUT2D eigenvalue weighted by Crippen LogP contribution is -2.41. The Morgan fingerprint density at radius 3 is 2.17 bits per heavy atom. The Morgan fingerprint density at radius 2 is 1.59 bits per heavy atom. The number of aromatic hydroxyl groups is 3. The van der Waals surface area contributed by atoms with Gasteiger partial charge < -0.3 is 30.0 Å². The van der Waals surface area contributed by atoms with Gasteiger partial charge >= 0.3 is 0 Å². The van der Waals surface area contributed by atoms with Gasteiger partial charge in [-0.25, -0.2) is 0 Å². The van der Waals surface area contributed by atoms with Crippen LogP contribution in [0.1, 0.15) is 37.0 Å². The van der Waals surface area contributed by atoms with Gasteiger partial charge in [-0.1, -0.05) is 0 Å². The first kappa shape index (κ1) is 20.8. The van der Waals surface area contributed by atoms with Crippen molar-refractivity contribution in [1.82, 2.24) is 14.7 Å². The molecule has 9 heteroatoms. The second-order valence-corrected chi connectivity index (χ2v) is 7.88. The molecule has 158 valence electrons. The number of likely N-dealkylation sites (tertiary alicyclic amines) is 1. The molecule has 0 spiro atoms. The monoisotopic (exact) mass is 405 g/mol. The number of carbonyl (C=O) groups excluding carboxylic acids is 3. The number of hydrogen-bond acceptors (Lipinski definition) is 6. The standard InChI is InChI=1S/C20H27N3O6/c1-12(2)23-11-14(10-17(23)26)20(29)22-5-3-4-21(6-7-22)19(28)13-8-15(24)18(27)16(25)9-13/h8-9,12,14,24-25,27H,3-7,10-11H2,1-2H3. The second-order valence-electron chi connectivity index (χ2n) is 7.88. The van der Waals surface area contributed by atoms with E-state index in [1.807, 2.05) is 13.8 Å². The third-order valence-corrected chi connectivity index (χ3v) is 5.54. The normalized spacial score (nSPS) is 20.3. The summed E-state index contributed by atoms with van der Waals surface area (Å²) in [4.78, 5) is 42.7. The zero-order chi connectivity index (χ0) is 21.3. The summed E-state index contributed by atoms with van der Waals surface area (Å²) >= 11 is 0. The van der Waals surface area contributed by atoms with Crippen molar-refractivity contribution in [2.75, 3.05) is 32.7 Å². The van der Waals surface area contributed by atoms with E-state index < -0.39 is 23.2 Å². The molecule has 1 aromatic carbocycles. The Labute approximate surface area is 169 Å². The van der Waals surface area contributed by atoms with Gasteiger partial charge in [0.25, 0.3) is 5.91 Å². The number of carbonyl (C=O) groups is 3. The van der Waals surface area contributed by atoms with Gasteiger partial charge in [0.1, 0.15) is 0 Å². The molecule has 0 bridgehead atoms. The molecule has 2 fully saturated rings. The van der Waals surface area contributed by atoms with Crippen molar-refractivity contribution in [1.29, 1.82) is 0 Å². The fraction of sp³-hybridized carbons (Fsp3) is 0.550. The molecule has 3 amide bonds. The van der Waals surface area contributed by atoms with Crippen molar-refractivity contribution in [3.8, 4) is 17.2 Å². The highest BCUT2D eigenvalue weighted by Crippen LogP contribution is 2.35. The van der Waals surface area contributed by atoms with E-state index in [9.17, 15) is 29.7 Å². The SMILES string of the molecule is CC(C)N1CC(C(=O)N2CCCN(C(=O)c3cc(O)c(O)c(O)c3)CC2)CC1=O. The molecule has 2 aliphatic heterocycles. The van der Waals surface area contributed by atoms with E-state index in [1.165, 1.54) is 0 Å². The van der Waals surface area contributed by atoms with E-state index in [4.69, 9.17) is 0 Å². The van der Waals surface area contributed by atoms with Gasteiger partial charge in [-0.15, -0.1) is 0 Å². The van der Waals surface area contributed by atoms with Crippen LogP contribution in [0, 0.1) is 5.92 Å². The molecule has 1 unspecified atom stereocenters. The van der Waals surface area contributed by atoms with Gasteiger partial charge in [-0.3, -0.25) is 14.4 Å². The average molecular weight is 405 g/mol. The summed E-state index contributed by atoms with van der Waals surface area (Å²) in [6.45, 7) is 5.88. The molecule has 2 heterocycles. The van der Waals surface area contributed by atoms with Crippen LogP contribution < -0.4 is 0 Å². The molecule has 2 saturated heterocycles. The Balaban J connectivity index is 1.64. The number of hydrogen-bond donors (Lipinski definition) is 3. The van der Waals surface area contributed by atoms with Gasteiger partial charge in [-0.05, 0) is 32.4 Å². The molecule has 29 heavy (non-hydrogen) atoms. The average Bonchev–Trinajstić information content (AvgIpc) is 2.91. The molecular weight excluding hydrogens is 378 g/mol. The van der Waals surface area contributed by atoms with Crippen LogP contribution in [0.2, 0.25) is 0 Å². The quantitative estimate of drug-likeness (QED) is 0.638. The summed E-state index contributed by atoms with van der Waals surface area (Å²) < 4.78 is 0. The van der Waals surface area contributed by atoms with E-state index in [2.05, 4.69) is 0 Å². The Hall–Kier alpha value is -2.97. The molecule has 3 rings (SSSR count). The topological polar surface area (TPSA) is 122 Å². The minimum absolute atomic E-state index is 0.00285. The molecule has 2 aliphatic rings. The summed E-state index contributed by atoms with van der Waals surface area (Å²) in [5, 5.41) is 28.7. The van der Waals surface area contributed by atoms with E-state index in [-0.39, 0.29) is 35.8 Å². The van der Waals surface area contributed by atoms with Crippen LogP contribution in [-0.2, 0) is 9.59 Å². The lowest BCUT2D eigenvalue weighted by Gasteiger charge is -2.25. The molecule has 0 aromatic heterocycles. The van der Waals surface area contributed by atoms with Gasteiger partial charge in [0, 0.05) is 50.7 Å². The van der Waals surface area contributed by atoms with Crippen LogP contribution in [0.3, 0.4) is 0 Å². The number of phenolic OH excluding ortho intramolecular Hbond substituents is 3. The molecule has 9 nitrogen and oxygen atoms in total. The lowest BCUT2D eigenvalue weighted by atomic mass is 10.1. The summed E-state index contributed by atoms with van der Waals surface area (Å²) in [6.07, 6.45) is 0.810. The van der Waals surface area contributed by atoms with Gasteiger partial charge in [-0.2, -0.15) is 0 Å². The zero-order valence-corrected chi connectivity index (χ0v) is 16.7. The Kier molecular flexibility index (Phi) is 5.86. The third-order valence-electron chi connectivity index (χ3n) is 5.54. The van der Waals surface area contributed by atoms with Gasteiger partial charge in [0.15, 0.2) is 17.2 Å². The van der Waals surface area contributed by atoms with E-state index in [1.54, 1.807) is 14.7 Å². The van der Waals surface area contributed by atoms with Gasteiger partial charge in [0.05, 0.1) is 5.92 Å². The van der Waals surface area contributed by atoms with Crippen molar-refractivity contribution in [3.05, 3.63) is 17.7 Å². The van der Waals surface area contributed by atoms with E-state index >= 15 is 0 Å². The first-order chi connectivity index (χ1) is 13.7. The summed E-state index contributed by atoms with van der Waals surface area (Å²) in [7, 11) is 0. The van der Waals surface area contributed by atoms with Gasteiger partial charge in [0.2, 0.25) is 11.8 Å². The predicted molar refractivity (Wildman–Crippen MR) is 103 cm³/mol. The van der Waals surface area contributed by atoms with E-state index in [0.29, 0.717) is 39.1 Å². The van der Waals surface area contributed by atoms with Crippen molar-refractivity contribution in [3.63, 3.8) is 0 Å². The molecule has 3 N–H and O–H groups in total. The fourth-order valence-corrected chi connectivity index (χ4v) is 3.91. The number of benzene rings is 1. The van der Waals surface area contributed by atoms with Crippen LogP contribution in [0.5, 0.6) is 17.2 Å². The van der Waals surface area contributed by atoms with Crippen LogP contribution in [0.25, 0.3) is 0 Å². The number of amides is 3. The van der Waals surface area contributed by atoms with Crippen LogP contribution in [0.15, 0.2) is 12.1 Å². The largest absolute Gasteiger partial charge is 0.504 e. The van der Waals surface area contributed by atoms with Crippen molar-refractivity contribution >= 4 is 17.7 Å². The fourth-order valence-electron chi connectivity index (χ4n) is 3.91. The highest BCUT2D eigenvalue weighted by molar-refractivity contribution is 5.95. The van der Waals surface area contributed by atoms with Crippen LogP contribution in [0.4, 0.5) is 0 Å². The second kappa shape index (κ2) is 8.18. The third kappa shape index (κ3) is 4.23. The molecule has 1 aromatic rings. The first-order valence-corrected chi connectivity index (χ1v) is 9.81. The highest BCUT2D eigenvalue weighted by atomic mass is 16.3. The minimum atomic E-state index is -0.671. The number of phenols is 3. The highest BCUT2D eigenvalue weighted by Gasteiger charge is 2.38. The van der Waals surface area contributed by atoms with E-state index in [0.717, 1.165) is 12.1 Å². The Morgan fingerprint density at radius 1 is 1.00 bits per heavy atom. The molecule has 0 aliphatic carbocycles. The minimum Gasteiger partial charge on any atom is -0.504 e. The lowest BCUT2D eigenvalue weighted by molar-refractivity contribution is -0.135. The molecule has 1 atom stereocenters. The summed E-state index contributed by atoms with van der Waals surface area (Å²) in [6, 6.07) is 2.28. The maximum Gasteiger partial charge on any atom is 0.254 e. The maximum absolute atomic E-state index is 12.9. The zero-order valence-electron chi connectivity index (χ0n) is 16.7. The summed E-state index contributed by atoms with van der Waals surface area (Å²) in [5.41, 5.74) is 0.0616. The van der Waals surface area contributed by atoms with Crippen LogP contribution >= 0.6 is 0 Å². The molecule has 0 saturated carbocycles. The summed E-state index contributed by atoms with van der Waals surface area (Å²) in [5.74, 6) is -2.62. The number of rotatable bonds is 3. The molecule has 0 radical (unpaired) electrons. The smallest absolute Gasteiger partial charge is 0.254 e. The Bertz CT molecular complexity index is 801. The first-order valence-electron chi connectivity index (χ1n) is 9.81. The van der Waals surface area contributed by atoms with Crippen LogP contribution in [-0.4, -0.2) is 86.5 Å². The van der Waals surface area contributed by atoms with Crippen molar-refractivity contribution in [2.24, 2.45) is 5.92 Å².